The van der Waals surface area contributed by atoms with Crippen LogP contribution in [0.1, 0.15) is 5.56 Å². The van der Waals surface area contributed by atoms with Crippen molar-refractivity contribution in [3.8, 4) is 22.5 Å². The van der Waals surface area contributed by atoms with E-state index in [4.69, 9.17) is 23.2 Å². The summed E-state index contributed by atoms with van der Waals surface area (Å²) in [6.07, 6.45) is 1.45. The number of nitrogens with one attached hydrogen (secondary N) is 1. The molecule has 36 heavy (non-hydrogen) atoms. The van der Waals surface area contributed by atoms with Crippen molar-refractivity contribution < 1.29 is 13.2 Å². The summed E-state index contributed by atoms with van der Waals surface area (Å²) < 4.78 is 29.3. The number of carbonyl (C=O) groups excluding carboxylic acids is 1. The second-order valence-corrected chi connectivity index (χ2v) is 10.8. The van der Waals surface area contributed by atoms with E-state index in [9.17, 15) is 13.2 Å². The van der Waals surface area contributed by atoms with E-state index >= 15 is 0 Å². The fourth-order valence-electron chi connectivity index (χ4n) is 4.02. The predicted molar refractivity (Wildman–Crippen MR) is 141 cm³/mol. The van der Waals surface area contributed by atoms with Gasteiger partial charge in [0.05, 0.1) is 26.8 Å². The number of fused-ring (bicyclic) bond motifs is 3. The second kappa shape index (κ2) is 9.42. The molecule has 0 atom stereocenters. The Morgan fingerprint density at radius 2 is 1.75 bits per heavy atom. The fourth-order valence-corrected chi connectivity index (χ4v) is 5.73. The molecule has 2 heterocycles. The van der Waals surface area contributed by atoms with Crippen LogP contribution in [0.4, 0.5) is 5.69 Å². The third kappa shape index (κ3) is 4.26. The van der Waals surface area contributed by atoms with Crippen LogP contribution in [0.2, 0.25) is 10.0 Å². The van der Waals surface area contributed by atoms with Crippen LogP contribution in [0.15, 0.2) is 82.8 Å². The van der Waals surface area contributed by atoms with E-state index in [-0.39, 0.29) is 11.4 Å². The average Bonchev–Trinajstić information content (AvgIpc) is 3.24. The van der Waals surface area contributed by atoms with Crippen LogP contribution < -0.4 is 9.73 Å². The molecule has 0 spiro atoms. The van der Waals surface area contributed by atoms with Gasteiger partial charge in [-0.1, -0.05) is 77.8 Å². The van der Waals surface area contributed by atoms with E-state index < -0.39 is 15.9 Å². The summed E-state index contributed by atoms with van der Waals surface area (Å²) >= 11 is 11.9. The Bertz CT molecular complexity index is 1620. The molecular weight excluding hydrogens is 521 g/mol. The summed E-state index contributed by atoms with van der Waals surface area (Å²) in [7, 11) is -2.31. The lowest BCUT2D eigenvalue weighted by molar-refractivity contribution is -0.121. The van der Waals surface area contributed by atoms with E-state index in [0.717, 1.165) is 5.56 Å². The molecule has 3 aromatic carbocycles. The van der Waals surface area contributed by atoms with Crippen molar-refractivity contribution in [2.24, 2.45) is 5.10 Å². The van der Waals surface area contributed by atoms with Crippen LogP contribution in [0.5, 0.6) is 0 Å². The van der Waals surface area contributed by atoms with Gasteiger partial charge in [-0.25, -0.2) is 13.8 Å². The average molecular weight is 540 g/mol. The van der Waals surface area contributed by atoms with Crippen molar-refractivity contribution in [2.75, 3.05) is 11.4 Å². The van der Waals surface area contributed by atoms with Crippen molar-refractivity contribution >= 4 is 51.0 Å². The molecule has 8 nitrogen and oxygen atoms in total. The van der Waals surface area contributed by atoms with E-state index in [0.29, 0.717) is 38.2 Å². The molecule has 0 saturated carbocycles. The van der Waals surface area contributed by atoms with Gasteiger partial charge in [-0.3, -0.25) is 13.8 Å². The molecule has 11 heteroatoms. The lowest BCUT2D eigenvalue weighted by Crippen LogP contribution is -2.31. The zero-order valence-electron chi connectivity index (χ0n) is 18.9. The van der Waals surface area contributed by atoms with Crippen LogP contribution in [-0.4, -0.2) is 37.4 Å². The molecule has 0 fully saturated rings. The van der Waals surface area contributed by atoms with Crippen molar-refractivity contribution in [3.05, 3.63) is 88.4 Å². The standard InChI is InChI=1S/C25H19Cl2N5O3S/c1-31-25-23(17-7-3-2-4-8-17)30-32(24(25)18-9-5-6-10-21(18)36(31,34)35)15-22(33)29-28-14-16-11-12-19(26)20(27)13-16/h2-14H,15H2,1H3,(H,29,33)/b28-14+. The van der Waals surface area contributed by atoms with Crippen molar-refractivity contribution in [1.82, 2.24) is 15.2 Å². The highest BCUT2D eigenvalue weighted by Crippen LogP contribution is 2.47. The molecule has 0 saturated heterocycles. The van der Waals surface area contributed by atoms with E-state index in [1.54, 1.807) is 42.5 Å². The maximum Gasteiger partial charge on any atom is 0.264 e. The molecule has 0 bridgehead atoms. The highest BCUT2D eigenvalue weighted by molar-refractivity contribution is 7.93. The number of carbonyl (C=O) groups is 1. The molecule has 0 radical (unpaired) electrons. The Kier molecular flexibility index (Phi) is 6.29. The Labute approximate surface area is 217 Å². The van der Waals surface area contributed by atoms with Crippen LogP contribution in [0.3, 0.4) is 0 Å². The van der Waals surface area contributed by atoms with Gasteiger partial charge in [-0.05, 0) is 23.8 Å². The molecular formula is C25H19Cl2N5O3S. The molecule has 0 aliphatic carbocycles. The van der Waals surface area contributed by atoms with Gasteiger partial charge >= 0.3 is 0 Å². The first-order valence-corrected chi connectivity index (χ1v) is 13.0. The van der Waals surface area contributed by atoms with Crippen molar-refractivity contribution in [2.45, 2.75) is 11.4 Å². The first-order chi connectivity index (χ1) is 17.3. The zero-order valence-corrected chi connectivity index (χ0v) is 21.2. The van der Waals surface area contributed by atoms with Crippen LogP contribution in [0.25, 0.3) is 22.5 Å². The normalized spacial score (nSPS) is 13.9. The number of halogens is 2. The van der Waals surface area contributed by atoms with Gasteiger partial charge < -0.3 is 0 Å². The third-order valence-corrected chi connectivity index (χ3v) is 8.26. The van der Waals surface area contributed by atoms with Gasteiger partial charge in [0.2, 0.25) is 0 Å². The summed E-state index contributed by atoms with van der Waals surface area (Å²) in [5, 5.41) is 9.46. The van der Waals surface area contributed by atoms with Gasteiger partial charge in [0.15, 0.2) is 0 Å². The summed E-state index contributed by atoms with van der Waals surface area (Å²) in [6, 6.07) is 20.9. The second-order valence-electron chi connectivity index (χ2n) is 8.00. The number of benzene rings is 3. The number of hydrogen-bond acceptors (Lipinski definition) is 5. The highest BCUT2D eigenvalue weighted by atomic mass is 35.5. The van der Waals surface area contributed by atoms with Crippen LogP contribution in [-0.2, 0) is 21.4 Å². The molecule has 1 amide bonds. The predicted octanol–water partition coefficient (Wildman–Crippen LogP) is 4.81. The first-order valence-electron chi connectivity index (χ1n) is 10.8. The molecule has 0 unspecified atom stereocenters. The Hall–Kier alpha value is -3.66. The number of anilines is 1. The third-order valence-electron chi connectivity index (χ3n) is 5.71. The summed E-state index contributed by atoms with van der Waals surface area (Å²) in [5.41, 5.74) is 5.75. The minimum Gasteiger partial charge on any atom is -0.271 e. The Morgan fingerprint density at radius 1 is 1.03 bits per heavy atom. The topological polar surface area (TPSA) is 96.7 Å². The minimum atomic E-state index is -3.80. The van der Waals surface area contributed by atoms with Crippen molar-refractivity contribution in [1.29, 1.82) is 0 Å². The van der Waals surface area contributed by atoms with Gasteiger partial charge in [0.25, 0.3) is 15.9 Å². The van der Waals surface area contributed by atoms with Gasteiger partial charge in [-0.15, -0.1) is 0 Å². The van der Waals surface area contributed by atoms with Gasteiger partial charge in [-0.2, -0.15) is 10.2 Å². The number of sulfonamides is 1. The largest absolute Gasteiger partial charge is 0.271 e. The molecule has 4 aromatic rings. The maximum absolute atomic E-state index is 13.3. The van der Waals surface area contributed by atoms with E-state index in [1.807, 2.05) is 30.3 Å². The molecule has 1 aliphatic heterocycles. The lowest BCUT2D eigenvalue weighted by atomic mass is 10.1. The molecule has 182 valence electrons. The van der Waals surface area contributed by atoms with Crippen molar-refractivity contribution in [3.63, 3.8) is 0 Å². The monoisotopic (exact) mass is 539 g/mol. The molecule has 5 rings (SSSR count). The van der Waals surface area contributed by atoms with Gasteiger partial charge in [0.1, 0.15) is 17.9 Å². The zero-order chi connectivity index (χ0) is 25.4. The summed E-state index contributed by atoms with van der Waals surface area (Å²) in [4.78, 5) is 13.0. The smallest absolute Gasteiger partial charge is 0.264 e. The lowest BCUT2D eigenvalue weighted by Gasteiger charge is -2.27. The summed E-state index contributed by atoms with van der Waals surface area (Å²) in [5.74, 6) is -0.440. The number of hydrogen-bond donors (Lipinski definition) is 1. The first kappa shape index (κ1) is 24.1. The number of nitrogens with zero attached hydrogens (tertiary/aromatic N) is 4. The molecule has 1 aliphatic rings. The van der Waals surface area contributed by atoms with Crippen LogP contribution in [0, 0.1) is 0 Å². The summed E-state index contributed by atoms with van der Waals surface area (Å²) in [6.45, 7) is -0.184. The van der Waals surface area contributed by atoms with E-state index in [2.05, 4.69) is 15.6 Å². The fraction of sp³-hybridized carbons (Fsp3) is 0.0800. The maximum atomic E-state index is 13.3. The molecule has 1 N–H and O–H groups in total. The Balaban J connectivity index is 1.53. The Morgan fingerprint density at radius 3 is 2.50 bits per heavy atom. The minimum absolute atomic E-state index is 0.152. The quantitative estimate of drug-likeness (QED) is 0.290. The highest BCUT2D eigenvalue weighted by Gasteiger charge is 2.38. The number of aromatic nitrogens is 2. The SMILES string of the molecule is CN1c2c(-c3ccccc3)nn(CC(=O)N/N=C/c3ccc(Cl)c(Cl)c3)c2-c2ccccc2S1(=O)=O. The number of amides is 1. The van der Waals surface area contributed by atoms with Gasteiger partial charge in [0, 0.05) is 18.2 Å². The van der Waals surface area contributed by atoms with E-state index in [1.165, 1.54) is 22.2 Å². The molecule has 1 aromatic heterocycles. The number of rotatable bonds is 5. The number of hydrazone groups is 1. The van der Waals surface area contributed by atoms with Crippen LogP contribution >= 0.6 is 23.2 Å².